The molecule has 158 valence electrons. The van der Waals surface area contributed by atoms with Gasteiger partial charge in [-0.3, -0.25) is 0 Å². The smallest absolute Gasteiger partial charge is 0.224 e. The second-order valence-corrected chi connectivity index (χ2v) is 6.33. The molecule has 2 N–H and O–H groups in total. The second-order valence-electron chi connectivity index (χ2n) is 6.33. The lowest BCUT2D eigenvalue weighted by Gasteiger charge is -2.14. The summed E-state index contributed by atoms with van der Waals surface area (Å²) in [5.74, 6) is 2.64. The molecule has 0 atom stereocenters. The third kappa shape index (κ3) is 7.99. The Kier molecular flexibility index (Phi) is 10.4. The number of aliphatic imine (C=N–C) groups is 1. The fraction of sp³-hybridized carbons (Fsp3) is 0.455. The lowest BCUT2D eigenvalue weighted by molar-refractivity contribution is 0.195. The summed E-state index contributed by atoms with van der Waals surface area (Å²) in [6.07, 6.45) is 3.56. The predicted octanol–water partition coefficient (Wildman–Crippen LogP) is 3.75. The summed E-state index contributed by atoms with van der Waals surface area (Å²) < 4.78 is 16.9. The van der Waals surface area contributed by atoms with Crippen molar-refractivity contribution in [3.63, 3.8) is 0 Å². The summed E-state index contributed by atoms with van der Waals surface area (Å²) in [6.45, 7) is 7.49. The Balaban J connectivity index is 2.09. The number of benzene rings is 1. The summed E-state index contributed by atoms with van der Waals surface area (Å²) in [5, 5.41) is 6.55. The van der Waals surface area contributed by atoms with Gasteiger partial charge in [-0.05, 0) is 38.0 Å². The summed E-state index contributed by atoms with van der Waals surface area (Å²) in [4.78, 5) is 9.06. The lowest BCUT2D eigenvalue weighted by Crippen LogP contribution is -2.38. The van der Waals surface area contributed by atoms with Crippen molar-refractivity contribution in [3.05, 3.63) is 48.2 Å². The Morgan fingerprint density at radius 3 is 2.62 bits per heavy atom. The maximum absolute atomic E-state index is 6.08. The summed E-state index contributed by atoms with van der Waals surface area (Å²) in [6, 6.07) is 11.5. The van der Waals surface area contributed by atoms with Crippen molar-refractivity contribution in [1.29, 1.82) is 0 Å². The second kappa shape index (κ2) is 13.4. The molecule has 0 amide bonds. The van der Waals surface area contributed by atoms with E-state index < -0.39 is 0 Å². The van der Waals surface area contributed by atoms with Gasteiger partial charge in [0, 0.05) is 38.6 Å². The summed E-state index contributed by atoms with van der Waals surface area (Å²) in [7, 11) is 1.70. The lowest BCUT2D eigenvalue weighted by atomic mass is 10.2. The number of rotatable bonds is 12. The van der Waals surface area contributed by atoms with E-state index >= 15 is 0 Å². The third-order valence-corrected chi connectivity index (χ3v) is 3.94. The van der Waals surface area contributed by atoms with Crippen LogP contribution in [-0.2, 0) is 11.3 Å². The number of ether oxygens (including phenoxy) is 3. The summed E-state index contributed by atoms with van der Waals surface area (Å²) in [5.41, 5.74) is 0.895. The molecule has 0 aliphatic carbocycles. The summed E-state index contributed by atoms with van der Waals surface area (Å²) >= 11 is 0. The number of pyridine rings is 1. The van der Waals surface area contributed by atoms with Crippen molar-refractivity contribution in [1.82, 2.24) is 15.6 Å². The Bertz CT molecular complexity index is 752. The average molecular weight is 401 g/mol. The highest BCUT2D eigenvalue weighted by Gasteiger charge is 2.10. The molecule has 0 fully saturated rings. The zero-order chi connectivity index (χ0) is 20.7. The van der Waals surface area contributed by atoms with Crippen molar-refractivity contribution in [2.75, 3.05) is 33.4 Å². The van der Waals surface area contributed by atoms with Crippen LogP contribution in [0.4, 0.5) is 0 Å². The predicted molar refractivity (Wildman–Crippen MR) is 116 cm³/mol. The molecule has 7 nitrogen and oxygen atoms in total. The minimum absolute atomic E-state index is 0.445. The number of guanidine groups is 1. The SMILES string of the molecule is CCCOc1ccccc1Oc1ncccc1CN=C(NCC)NCCCOC. The van der Waals surface area contributed by atoms with E-state index in [2.05, 4.69) is 27.5 Å². The monoisotopic (exact) mass is 400 g/mol. The van der Waals surface area contributed by atoms with Crippen molar-refractivity contribution in [3.8, 4) is 17.4 Å². The molecule has 0 aliphatic heterocycles. The van der Waals surface area contributed by atoms with Gasteiger partial charge in [0.1, 0.15) is 0 Å². The fourth-order valence-corrected chi connectivity index (χ4v) is 2.54. The standard InChI is InChI=1S/C22H32N4O3/c1-4-15-28-19-11-6-7-12-20(19)29-21-18(10-8-13-24-21)17-26-22(23-5-2)25-14-9-16-27-3/h6-8,10-13H,4-5,9,14-17H2,1-3H3,(H2,23,25,26). The van der Waals surface area contributed by atoms with Crippen LogP contribution in [0.1, 0.15) is 32.3 Å². The van der Waals surface area contributed by atoms with Gasteiger partial charge in [0.25, 0.3) is 0 Å². The van der Waals surface area contributed by atoms with Crippen LogP contribution < -0.4 is 20.1 Å². The van der Waals surface area contributed by atoms with Gasteiger partial charge >= 0.3 is 0 Å². The van der Waals surface area contributed by atoms with Crippen LogP contribution in [0.2, 0.25) is 0 Å². The van der Waals surface area contributed by atoms with E-state index in [1.165, 1.54) is 0 Å². The number of hydrogen-bond acceptors (Lipinski definition) is 5. The average Bonchev–Trinajstić information content (AvgIpc) is 2.75. The number of aromatic nitrogens is 1. The maximum Gasteiger partial charge on any atom is 0.224 e. The highest BCUT2D eigenvalue weighted by molar-refractivity contribution is 5.79. The first-order valence-electron chi connectivity index (χ1n) is 10.1. The number of methoxy groups -OCH3 is 1. The van der Waals surface area contributed by atoms with Crippen LogP contribution in [0.3, 0.4) is 0 Å². The molecule has 1 aromatic carbocycles. The van der Waals surface area contributed by atoms with E-state index in [1.54, 1.807) is 13.3 Å². The first kappa shape index (κ1) is 22.5. The topological polar surface area (TPSA) is 77.0 Å². The Morgan fingerprint density at radius 1 is 1.03 bits per heavy atom. The van der Waals surface area contributed by atoms with E-state index in [0.29, 0.717) is 37.1 Å². The normalized spacial score (nSPS) is 11.2. The molecular weight excluding hydrogens is 368 g/mol. The zero-order valence-electron chi connectivity index (χ0n) is 17.6. The van der Waals surface area contributed by atoms with Gasteiger partial charge < -0.3 is 24.8 Å². The minimum atomic E-state index is 0.445. The van der Waals surface area contributed by atoms with Gasteiger partial charge in [-0.1, -0.05) is 25.1 Å². The van der Waals surface area contributed by atoms with Crippen molar-refractivity contribution in [2.24, 2.45) is 4.99 Å². The largest absolute Gasteiger partial charge is 0.490 e. The molecule has 1 heterocycles. The van der Waals surface area contributed by atoms with E-state index in [9.17, 15) is 0 Å². The number of nitrogens with one attached hydrogen (secondary N) is 2. The molecule has 0 bridgehead atoms. The van der Waals surface area contributed by atoms with Gasteiger partial charge in [-0.2, -0.15) is 0 Å². The van der Waals surface area contributed by atoms with Crippen LogP contribution >= 0.6 is 0 Å². The Morgan fingerprint density at radius 2 is 1.86 bits per heavy atom. The molecule has 0 saturated heterocycles. The molecule has 2 aromatic rings. The van der Waals surface area contributed by atoms with Gasteiger partial charge in [0.05, 0.1) is 13.2 Å². The fourth-order valence-electron chi connectivity index (χ4n) is 2.54. The third-order valence-electron chi connectivity index (χ3n) is 3.94. The van der Waals surface area contributed by atoms with Crippen molar-refractivity contribution >= 4 is 5.96 Å². The van der Waals surface area contributed by atoms with Crippen LogP contribution in [0, 0.1) is 0 Å². The van der Waals surface area contributed by atoms with Crippen molar-refractivity contribution < 1.29 is 14.2 Å². The van der Waals surface area contributed by atoms with E-state index in [-0.39, 0.29) is 0 Å². The molecule has 0 aliphatic rings. The molecular formula is C22H32N4O3. The number of hydrogen-bond donors (Lipinski definition) is 2. The molecule has 29 heavy (non-hydrogen) atoms. The first-order valence-corrected chi connectivity index (χ1v) is 10.1. The molecule has 0 spiro atoms. The van der Waals surface area contributed by atoms with Gasteiger partial charge in [0.2, 0.25) is 5.88 Å². The molecule has 0 radical (unpaired) electrons. The Hall–Kier alpha value is -2.80. The van der Waals surface area contributed by atoms with Crippen molar-refractivity contribution in [2.45, 2.75) is 33.2 Å². The van der Waals surface area contributed by atoms with Crippen LogP contribution in [0.15, 0.2) is 47.6 Å². The highest BCUT2D eigenvalue weighted by atomic mass is 16.5. The molecule has 0 saturated carbocycles. The number of para-hydroxylation sites is 2. The zero-order valence-corrected chi connectivity index (χ0v) is 17.6. The van der Waals surface area contributed by atoms with Crippen LogP contribution in [0.25, 0.3) is 0 Å². The van der Waals surface area contributed by atoms with Crippen LogP contribution in [-0.4, -0.2) is 44.4 Å². The minimum Gasteiger partial charge on any atom is -0.490 e. The first-order chi connectivity index (χ1) is 14.3. The molecule has 7 heteroatoms. The van der Waals surface area contributed by atoms with Gasteiger partial charge in [-0.25, -0.2) is 9.98 Å². The van der Waals surface area contributed by atoms with E-state index in [0.717, 1.165) is 37.5 Å². The van der Waals surface area contributed by atoms with Crippen LogP contribution in [0.5, 0.6) is 17.4 Å². The van der Waals surface area contributed by atoms with E-state index in [1.807, 2.05) is 43.3 Å². The van der Waals surface area contributed by atoms with Gasteiger partial charge in [0.15, 0.2) is 17.5 Å². The molecule has 2 rings (SSSR count). The molecule has 0 unspecified atom stereocenters. The quantitative estimate of drug-likeness (QED) is 0.321. The Labute approximate surface area is 173 Å². The highest BCUT2D eigenvalue weighted by Crippen LogP contribution is 2.32. The number of nitrogens with zero attached hydrogens (tertiary/aromatic N) is 2. The molecule has 1 aromatic heterocycles. The van der Waals surface area contributed by atoms with Gasteiger partial charge in [-0.15, -0.1) is 0 Å². The maximum atomic E-state index is 6.08. The van der Waals surface area contributed by atoms with E-state index in [4.69, 9.17) is 14.2 Å².